The molecule has 0 heterocycles. The number of unbranched alkanes of at least 4 members (excludes halogenated alkanes) is 10. The van der Waals surface area contributed by atoms with Crippen molar-refractivity contribution < 1.29 is 24.5 Å². The zero-order valence-electron chi connectivity index (χ0n) is 14.8. The SMILES string of the molecule is CCCCCCCCCCCCCC(=O)O[C@H](CO)COCO. The van der Waals surface area contributed by atoms with Gasteiger partial charge in [0.2, 0.25) is 0 Å². The summed E-state index contributed by atoms with van der Waals surface area (Å²) in [5, 5.41) is 17.5. The van der Waals surface area contributed by atoms with Gasteiger partial charge in [-0.25, -0.2) is 0 Å². The Bertz CT molecular complexity index is 258. The molecule has 5 heteroatoms. The third-order valence-corrected chi connectivity index (χ3v) is 3.88. The second-order valence-electron chi connectivity index (χ2n) is 6.08. The molecule has 0 aromatic rings. The van der Waals surface area contributed by atoms with Crippen LogP contribution in [-0.2, 0) is 14.3 Å². The van der Waals surface area contributed by atoms with Gasteiger partial charge < -0.3 is 19.7 Å². The van der Waals surface area contributed by atoms with Crippen LogP contribution in [0.4, 0.5) is 0 Å². The molecule has 0 amide bonds. The number of esters is 1. The maximum Gasteiger partial charge on any atom is 0.306 e. The Kier molecular flexibility index (Phi) is 17.2. The maximum absolute atomic E-state index is 11.6. The van der Waals surface area contributed by atoms with Gasteiger partial charge in [-0.15, -0.1) is 0 Å². The van der Waals surface area contributed by atoms with Gasteiger partial charge in [0.25, 0.3) is 0 Å². The summed E-state index contributed by atoms with van der Waals surface area (Å²) in [4.78, 5) is 11.6. The standard InChI is InChI=1S/C18H36O5/c1-2-3-4-5-6-7-8-9-10-11-12-13-18(21)23-17(14-19)15-22-16-20/h17,19-20H,2-16H2,1H3/t17-/m1/s1. The van der Waals surface area contributed by atoms with E-state index in [2.05, 4.69) is 6.92 Å². The summed E-state index contributed by atoms with van der Waals surface area (Å²) in [6, 6.07) is 0. The smallest absolute Gasteiger partial charge is 0.306 e. The molecule has 0 fully saturated rings. The third-order valence-electron chi connectivity index (χ3n) is 3.88. The third kappa shape index (κ3) is 16.0. The highest BCUT2D eigenvalue weighted by molar-refractivity contribution is 5.69. The first-order valence-electron chi connectivity index (χ1n) is 9.23. The van der Waals surface area contributed by atoms with Gasteiger partial charge >= 0.3 is 5.97 Å². The van der Waals surface area contributed by atoms with Gasteiger partial charge in [0, 0.05) is 6.42 Å². The fourth-order valence-corrected chi connectivity index (χ4v) is 2.49. The molecule has 0 bridgehead atoms. The first-order chi connectivity index (χ1) is 11.2. The first-order valence-corrected chi connectivity index (χ1v) is 9.23. The Hall–Kier alpha value is -0.650. The highest BCUT2D eigenvalue weighted by Gasteiger charge is 2.13. The zero-order chi connectivity index (χ0) is 17.2. The number of aliphatic hydroxyl groups excluding tert-OH is 2. The van der Waals surface area contributed by atoms with Crippen molar-refractivity contribution in [3.05, 3.63) is 0 Å². The summed E-state index contributed by atoms with van der Waals surface area (Å²) in [5.74, 6) is -0.304. The van der Waals surface area contributed by atoms with Crippen molar-refractivity contribution in [3.63, 3.8) is 0 Å². The summed E-state index contributed by atoms with van der Waals surface area (Å²) in [6.45, 7) is 1.54. The van der Waals surface area contributed by atoms with Gasteiger partial charge in [-0.3, -0.25) is 4.79 Å². The minimum atomic E-state index is -0.678. The van der Waals surface area contributed by atoms with Crippen molar-refractivity contribution >= 4 is 5.97 Å². The molecule has 5 nitrogen and oxygen atoms in total. The van der Waals surface area contributed by atoms with E-state index in [9.17, 15) is 4.79 Å². The number of aliphatic hydroxyl groups is 2. The Morgan fingerprint density at radius 2 is 1.39 bits per heavy atom. The molecule has 1 atom stereocenters. The predicted molar refractivity (Wildman–Crippen MR) is 91.1 cm³/mol. The van der Waals surface area contributed by atoms with Crippen molar-refractivity contribution in [3.8, 4) is 0 Å². The monoisotopic (exact) mass is 332 g/mol. The van der Waals surface area contributed by atoms with Gasteiger partial charge in [0.15, 0.2) is 0 Å². The number of ether oxygens (including phenoxy) is 2. The van der Waals surface area contributed by atoms with Crippen LogP contribution in [-0.4, -0.2) is 42.3 Å². The van der Waals surface area contributed by atoms with Crippen molar-refractivity contribution in [1.82, 2.24) is 0 Å². The highest BCUT2D eigenvalue weighted by atomic mass is 16.6. The number of carbonyl (C=O) groups excluding carboxylic acids is 1. The number of rotatable bonds is 17. The van der Waals surface area contributed by atoms with E-state index in [4.69, 9.17) is 19.7 Å². The number of carbonyl (C=O) groups is 1. The van der Waals surface area contributed by atoms with Gasteiger partial charge in [0.1, 0.15) is 12.9 Å². The number of hydrogen-bond acceptors (Lipinski definition) is 5. The second kappa shape index (κ2) is 17.7. The second-order valence-corrected chi connectivity index (χ2v) is 6.08. The van der Waals surface area contributed by atoms with E-state index < -0.39 is 12.9 Å². The maximum atomic E-state index is 11.6. The van der Waals surface area contributed by atoms with Crippen LogP contribution >= 0.6 is 0 Å². The largest absolute Gasteiger partial charge is 0.457 e. The van der Waals surface area contributed by atoms with E-state index in [-0.39, 0.29) is 19.2 Å². The highest BCUT2D eigenvalue weighted by Crippen LogP contribution is 2.12. The van der Waals surface area contributed by atoms with Gasteiger partial charge in [-0.1, -0.05) is 71.1 Å². The van der Waals surface area contributed by atoms with Crippen LogP contribution in [0.5, 0.6) is 0 Å². The summed E-state index contributed by atoms with van der Waals surface area (Å²) >= 11 is 0. The quantitative estimate of drug-likeness (QED) is 0.242. The van der Waals surface area contributed by atoms with E-state index in [0.717, 1.165) is 12.8 Å². The van der Waals surface area contributed by atoms with Crippen molar-refractivity contribution in [2.24, 2.45) is 0 Å². The molecule has 2 N–H and O–H groups in total. The molecule has 0 unspecified atom stereocenters. The fourth-order valence-electron chi connectivity index (χ4n) is 2.49. The normalized spacial score (nSPS) is 12.3. The van der Waals surface area contributed by atoms with Crippen LogP contribution in [0.15, 0.2) is 0 Å². The summed E-state index contributed by atoms with van der Waals surface area (Å²) in [5.41, 5.74) is 0. The molecular formula is C18H36O5. The Labute approximate surface area is 141 Å². The molecule has 0 aliphatic carbocycles. The van der Waals surface area contributed by atoms with Crippen LogP contribution in [0.25, 0.3) is 0 Å². The fraction of sp³-hybridized carbons (Fsp3) is 0.944. The predicted octanol–water partition coefficient (Wildman–Crippen LogP) is 3.56. The Balaban J connectivity index is 3.34. The lowest BCUT2D eigenvalue weighted by molar-refractivity contribution is -0.157. The Morgan fingerprint density at radius 3 is 1.87 bits per heavy atom. The van der Waals surface area contributed by atoms with Crippen molar-refractivity contribution in [1.29, 1.82) is 0 Å². The molecule has 0 aromatic carbocycles. The van der Waals surface area contributed by atoms with E-state index >= 15 is 0 Å². The average molecular weight is 332 g/mol. The lowest BCUT2D eigenvalue weighted by Gasteiger charge is -2.14. The Morgan fingerprint density at radius 1 is 0.870 bits per heavy atom. The molecule has 0 saturated carbocycles. The molecule has 0 aliphatic rings. The van der Waals surface area contributed by atoms with Crippen LogP contribution < -0.4 is 0 Å². The molecule has 23 heavy (non-hydrogen) atoms. The summed E-state index contributed by atoms with van der Waals surface area (Å²) < 4.78 is 9.79. The van der Waals surface area contributed by atoms with Crippen LogP contribution in [0.3, 0.4) is 0 Å². The number of hydrogen-bond donors (Lipinski definition) is 2. The van der Waals surface area contributed by atoms with E-state index in [1.807, 2.05) is 0 Å². The van der Waals surface area contributed by atoms with Gasteiger partial charge in [0.05, 0.1) is 13.2 Å². The lowest BCUT2D eigenvalue weighted by Crippen LogP contribution is -2.27. The first kappa shape index (κ1) is 22.4. The van der Waals surface area contributed by atoms with E-state index in [1.165, 1.54) is 57.8 Å². The molecule has 0 spiro atoms. The minimum Gasteiger partial charge on any atom is -0.457 e. The molecule has 0 aliphatic heterocycles. The summed E-state index contributed by atoms with van der Waals surface area (Å²) in [7, 11) is 0. The van der Waals surface area contributed by atoms with E-state index in [1.54, 1.807) is 0 Å². The molecule has 0 rings (SSSR count). The molecule has 0 radical (unpaired) electrons. The molecule has 0 saturated heterocycles. The topological polar surface area (TPSA) is 76.0 Å². The van der Waals surface area contributed by atoms with Gasteiger partial charge in [-0.2, -0.15) is 0 Å². The minimum absolute atomic E-state index is 0.0248. The summed E-state index contributed by atoms with van der Waals surface area (Å²) in [6.07, 6.45) is 13.4. The van der Waals surface area contributed by atoms with Gasteiger partial charge in [-0.05, 0) is 6.42 Å². The van der Waals surface area contributed by atoms with Crippen LogP contribution in [0.1, 0.15) is 84.0 Å². The van der Waals surface area contributed by atoms with Crippen molar-refractivity contribution in [2.45, 2.75) is 90.1 Å². The lowest BCUT2D eigenvalue weighted by atomic mass is 10.1. The zero-order valence-corrected chi connectivity index (χ0v) is 14.8. The molecule has 138 valence electrons. The van der Waals surface area contributed by atoms with Crippen LogP contribution in [0, 0.1) is 0 Å². The van der Waals surface area contributed by atoms with E-state index in [0.29, 0.717) is 6.42 Å². The molecular weight excluding hydrogens is 296 g/mol. The van der Waals surface area contributed by atoms with Crippen molar-refractivity contribution in [2.75, 3.05) is 20.0 Å². The molecule has 0 aromatic heterocycles. The van der Waals surface area contributed by atoms with Crippen LogP contribution in [0.2, 0.25) is 0 Å². The average Bonchev–Trinajstić information content (AvgIpc) is 2.56.